The van der Waals surface area contributed by atoms with Gasteiger partial charge in [-0.2, -0.15) is 0 Å². The van der Waals surface area contributed by atoms with E-state index in [-0.39, 0.29) is 5.97 Å². The van der Waals surface area contributed by atoms with Gasteiger partial charge in [-0.25, -0.2) is 4.79 Å². The first-order valence-corrected chi connectivity index (χ1v) is 10.6. The minimum atomic E-state index is -0.339. The quantitative estimate of drug-likeness (QED) is 0.260. The van der Waals surface area contributed by atoms with Gasteiger partial charge in [0, 0.05) is 0 Å². The summed E-state index contributed by atoms with van der Waals surface area (Å²) in [6.07, 6.45) is 3.19. The summed E-state index contributed by atoms with van der Waals surface area (Å²) in [5.41, 5.74) is 5.35. The summed E-state index contributed by atoms with van der Waals surface area (Å²) >= 11 is 0. The lowest BCUT2D eigenvalue weighted by Crippen LogP contribution is -2.08. The van der Waals surface area contributed by atoms with E-state index >= 15 is 0 Å². The van der Waals surface area contributed by atoms with Crippen molar-refractivity contribution in [2.45, 2.75) is 32.9 Å². The summed E-state index contributed by atoms with van der Waals surface area (Å²) in [5, 5.41) is 0. The minimum Gasteiger partial charge on any atom is -0.423 e. The van der Waals surface area contributed by atoms with Crippen LogP contribution in [0.15, 0.2) is 72.8 Å². The molecule has 0 heterocycles. The van der Waals surface area contributed by atoms with Gasteiger partial charge in [0.15, 0.2) is 0 Å². The molecule has 2 atom stereocenters. The third-order valence-electron chi connectivity index (χ3n) is 5.06. The molecule has 3 aromatic rings. The zero-order chi connectivity index (χ0) is 19.9. The lowest BCUT2D eigenvalue weighted by molar-refractivity contribution is 0.0735. The van der Waals surface area contributed by atoms with Gasteiger partial charge in [-0.15, -0.1) is 9.24 Å². The molecular formula is C25H27O2P. The van der Waals surface area contributed by atoms with Gasteiger partial charge in [0.1, 0.15) is 5.75 Å². The number of hydrogen-bond donors (Lipinski definition) is 0. The van der Waals surface area contributed by atoms with Crippen molar-refractivity contribution in [1.82, 2.24) is 0 Å². The fraction of sp³-hybridized carbons (Fsp3) is 0.240. The van der Waals surface area contributed by atoms with Crippen molar-refractivity contribution in [2.24, 2.45) is 5.92 Å². The maximum absolute atomic E-state index is 12.4. The molecule has 28 heavy (non-hydrogen) atoms. The Morgan fingerprint density at radius 2 is 1.39 bits per heavy atom. The third-order valence-corrected chi connectivity index (χ3v) is 5.53. The number of carbonyl (C=O) groups is 1. The molecule has 144 valence electrons. The van der Waals surface area contributed by atoms with Crippen LogP contribution in [0.1, 0.15) is 41.8 Å². The second kappa shape index (κ2) is 9.66. The first-order chi connectivity index (χ1) is 13.6. The molecule has 0 radical (unpaired) electrons. The Hall–Kier alpha value is -2.44. The van der Waals surface area contributed by atoms with Gasteiger partial charge >= 0.3 is 5.97 Å². The molecule has 0 spiro atoms. The van der Waals surface area contributed by atoms with Crippen LogP contribution in [-0.4, -0.2) is 5.97 Å². The van der Waals surface area contributed by atoms with E-state index in [2.05, 4.69) is 47.4 Å². The van der Waals surface area contributed by atoms with Crippen LogP contribution < -0.4 is 4.74 Å². The number of ether oxygens (including phenoxy) is 1. The predicted molar refractivity (Wildman–Crippen MR) is 120 cm³/mol. The van der Waals surface area contributed by atoms with Gasteiger partial charge < -0.3 is 4.74 Å². The van der Waals surface area contributed by atoms with E-state index in [1.807, 2.05) is 48.5 Å². The highest BCUT2D eigenvalue weighted by Crippen LogP contribution is 2.23. The Labute approximate surface area is 170 Å². The topological polar surface area (TPSA) is 26.3 Å². The second-order valence-corrected chi connectivity index (χ2v) is 7.64. The molecule has 0 aliphatic rings. The van der Waals surface area contributed by atoms with Crippen LogP contribution in [0.5, 0.6) is 5.75 Å². The molecule has 2 nitrogen and oxygen atoms in total. The third kappa shape index (κ3) is 5.30. The highest BCUT2D eigenvalue weighted by molar-refractivity contribution is 7.15. The summed E-state index contributed by atoms with van der Waals surface area (Å²) in [6, 6.07) is 23.9. The van der Waals surface area contributed by atoms with Crippen molar-refractivity contribution in [3.63, 3.8) is 0 Å². The summed E-state index contributed by atoms with van der Waals surface area (Å²) in [5.74, 6) is 0.926. The monoisotopic (exact) mass is 390 g/mol. The minimum absolute atomic E-state index is 0.339. The van der Waals surface area contributed by atoms with E-state index in [1.165, 1.54) is 17.5 Å². The maximum atomic E-state index is 12.4. The van der Waals surface area contributed by atoms with Crippen LogP contribution in [0.25, 0.3) is 11.1 Å². The molecule has 0 aliphatic carbocycles. The van der Waals surface area contributed by atoms with Crippen molar-refractivity contribution in [1.29, 1.82) is 0 Å². The van der Waals surface area contributed by atoms with E-state index < -0.39 is 0 Å². The second-order valence-electron chi connectivity index (χ2n) is 7.23. The van der Waals surface area contributed by atoms with Crippen LogP contribution in [0, 0.1) is 5.92 Å². The molecule has 0 amide bonds. The first kappa shape index (κ1) is 20.3. The number of esters is 1. The average molecular weight is 390 g/mol. The predicted octanol–water partition coefficient (Wildman–Crippen LogP) is 6.54. The molecular weight excluding hydrogens is 363 g/mol. The fourth-order valence-corrected chi connectivity index (χ4v) is 3.31. The van der Waals surface area contributed by atoms with Gasteiger partial charge in [0.05, 0.1) is 5.56 Å². The van der Waals surface area contributed by atoms with Gasteiger partial charge in [0.25, 0.3) is 0 Å². The van der Waals surface area contributed by atoms with E-state index in [0.29, 0.717) is 17.2 Å². The Morgan fingerprint density at radius 3 is 1.93 bits per heavy atom. The fourth-order valence-electron chi connectivity index (χ4n) is 3.04. The SMILES string of the molecule is CCC(C)Cc1ccc(-c2ccc(C(=O)Oc3ccc(CP)cc3)cc2)cc1. The van der Waals surface area contributed by atoms with Crippen molar-refractivity contribution >= 4 is 15.2 Å². The number of rotatable bonds is 7. The van der Waals surface area contributed by atoms with E-state index in [0.717, 1.165) is 23.7 Å². The summed E-state index contributed by atoms with van der Waals surface area (Å²) < 4.78 is 5.46. The molecule has 0 N–H and O–H groups in total. The van der Waals surface area contributed by atoms with Gasteiger partial charge in [-0.3, -0.25) is 0 Å². The molecule has 3 heteroatoms. The molecule has 3 aromatic carbocycles. The van der Waals surface area contributed by atoms with Crippen molar-refractivity contribution < 1.29 is 9.53 Å². The highest BCUT2D eigenvalue weighted by atomic mass is 31.0. The van der Waals surface area contributed by atoms with Crippen molar-refractivity contribution in [3.8, 4) is 16.9 Å². The summed E-state index contributed by atoms with van der Waals surface area (Å²) in [7, 11) is 2.68. The Kier molecular flexibility index (Phi) is 7.01. The molecule has 3 rings (SSSR count). The molecule has 0 aliphatic heterocycles. The van der Waals surface area contributed by atoms with Crippen LogP contribution in [0.4, 0.5) is 0 Å². The maximum Gasteiger partial charge on any atom is 0.343 e. The lowest BCUT2D eigenvalue weighted by Gasteiger charge is -2.10. The molecule has 0 bridgehead atoms. The smallest absolute Gasteiger partial charge is 0.343 e. The Balaban J connectivity index is 1.66. The van der Waals surface area contributed by atoms with E-state index in [9.17, 15) is 4.79 Å². The van der Waals surface area contributed by atoms with Crippen molar-refractivity contribution in [3.05, 3.63) is 89.5 Å². The van der Waals surface area contributed by atoms with Gasteiger partial charge in [-0.05, 0) is 65.0 Å². The number of carbonyl (C=O) groups excluding carboxylic acids is 1. The number of hydrogen-bond acceptors (Lipinski definition) is 2. The van der Waals surface area contributed by atoms with Crippen LogP contribution in [0.3, 0.4) is 0 Å². The summed E-state index contributed by atoms with van der Waals surface area (Å²) in [6.45, 7) is 4.51. The van der Waals surface area contributed by atoms with Crippen LogP contribution in [0.2, 0.25) is 0 Å². The largest absolute Gasteiger partial charge is 0.423 e. The molecule has 0 saturated heterocycles. The lowest BCUT2D eigenvalue weighted by atomic mass is 9.96. The molecule has 2 unspecified atom stereocenters. The van der Waals surface area contributed by atoms with Crippen LogP contribution >= 0.6 is 9.24 Å². The van der Waals surface area contributed by atoms with E-state index in [4.69, 9.17) is 4.74 Å². The molecule has 0 saturated carbocycles. The molecule has 0 fully saturated rings. The van der Waals surface area contributed by atoms with Gasteiger partial charge in [0.2, 0.25) is 0 Å². The first-order valence-electron chi connectivity index (χ1n) is 9.79. The van der Waals surface area contributed by atoms with E-state index in [1.54, 1.807) is 0 Å². The Morgan fingerprint density at radius 1 is 0.857 bits per heavy atom. The Bertz CT molecular complexity index is 897. The standard InChI is InChI=1S/C25H27O2P/c1-3-18(2)16-19-4-8-21(9-5-19)22-10-12-23(13-11-22)25(26)27-24-14-6-20(17-28)7-15-24/h4-15,18H,3,16-17,28H2,1-2H3. The summed E-state index contributed by atoms with van der Waals surface area (Å²) in [4.78, 5) is 12.4. The zero-order valence-corrected chi connectivity index (χ0v) is 17.7. The van der Waals surface area contributed by atoms with Crippen molar-refractivity contribution in [2.75, 3.05) is 0 Å². The normalized spacial score (nSPS) is 11.8. The average Bonchev–Trinajstić information content (AvgIpc) is 2.75. The highest BCUT2D eigenvalue weighted by Gasteiger charge is 2.09. The number of benzene rings is 3. The van der Waals surface area contributed by atoms with Crippen LogP contribution in [-0.2, 0) is 12.6 Å². The molecule has 0 aromatic heterocycles. The van der Waals surface area contributed by atoms with Gasteiger partial charge in [-0.1, -0.05) is 68.8 Å². The zero-order valence-electron chi connectivity index (χ0n) is 16.5.